The van der Waals surface area contributed by atoms with E-state index in [0.29, 0.717) is 0 Å². The Morgan fingerprint density at radius 1 is 1.00 bits per heavy atom. The smallest absolute Gasteiger partial charge is 0.245 e. The molecule has 1 unspecified atom stereocenters. The van der Waals surface area contributed by atoms with E-state index in [1.807, 2.05) is 41.3 Å². The van der Waals surface area contributed by atoms with Crippen LogP contribution in [0.1, 0.15) is 22.9 Å². The number of fused-ring (bicyclic) bond motifs is 5. The van der Waals surface area contributed by atoms with Crippen molar-refractivity contribution in [2.75, 3.05) is 6.54 Å². The normalized spacial score (nSPS) is 18.8. The second-order valence-corrected chi connectivity index (χ2v) is 6.29. The van der Waals surface area contributed by atoms with Crippen LogP contribution in [0.3, 0.4) is 0 Å². The Balaban J connectivity index is 1.75. The van der Waals surface area contributed by atoms with Gasteiger partial charge in [-0.1, -0.05) is 59.8 Å². The molecule has 0 saturated carbocycles. The number of carbonyl (C=O) groups excluding carboxylic acids is 1. The van der Waals surface area contributed by atoms with Gasteiger partial charge in [-0.15, -0.1) is 5.10 Å². The topological polar surface area (TPSA) is 51.0 Å². The van der Waals surface area contributed by atoms with Gasteiger partial charge in [-0.3, -0.25) is 4.79 Å². The van der Waals surface area contributed by atoms with Crippen molar-refractivity contribution in [3.05, 3.63) is 71.4 Å². The van der Waals surface area contributed by atoms with Crippen LogP contribution in [0.2, 0.25) is 0 Å². The summed E-state index contributed by atoms with van der Waals surface area (Å²) in [6.07, 6.45) is 0.903. The lowest BCUT2D eigenvalue weighted by Gasteiger charge is -2.40. The van der Waals surface area contributed by atoms with Crippen LogP contribution in [0.25, 0.3) is 11.3 Å². The fourth-order valence-corrected chi connectivity index (χ4v) is 3.86. The van der Waals surface area contributed by atoms with Gasteiger partial charge in [0.15, 0.2) is 0 Å². The van der Waals surface area contributed by atoms with Crippen molar-refractivity contribution < 1.29 is 4.79 Å². The minimum atomic E-state index is -0.0959. The fourth-order valence-electron chi connectivity index (χ4n) is 3.86. The van der Waals surface area contributed by atoms with Gasteiger partial charge in [0.2, 0.25) is 5.91 Å². The molecule has 0 aliphatic carbocycles. The van der Waals surface area contributed by atoms with E-state index in [1.165, 1.54) is 11.1 Å². The van der Waals surface area contributed by atoms with Gasteiger partial charge in [0.1, 0.15) is 18.3 Å². The standard InChI is InChI=1S/C19H16N4O/c24-16-12-23-19(17(20-21-23)14-7-2-1-3-8-14)18-15-9-5-4-6-13(15)10-11-22(16)18/h1-9,18H,10-12H2. The maximum Gasteiger partial charge on any atom is 0.245 e. The number of hydrogen-bond donors (Lipinski definition) is 0. The number of amides is 1. The summed E-state index contributed by atoms with van der Waals surface area (Å²) in [5, 5.41) is 8.67. The van der Waals surface area contributed by atoms with Gasteiger partial charge in [0.25, 0.3) is 0 Å². The lowest BCUT2D eigenvalue weighted by molar-refractivity contribution is -0.136. The average molecular weight is 316 g/mol. The van der Waals surface area contributed by atoms with Crippen LogP contribution >= 0.6 is 0 Å². The minimum Gasteiger partial charge on any atom is -0.328 e. The third-order valence-corrected chi connectivity index (χ3v) is 4.97. The van der Waals surface area contributed by atoms with Crippen LogP contribution in [0, 0.1) is 0 Å². The van der Waals surface area contributed by atoms with Crippen molar-refractivity contribution in [1.29, 1.82) is 0 Å². The number of nitrogens with zero attached hydrogens (tertiary/aromatic N) is 4. The highest BCUT2D eigenvalue weighted by Crippen LogP contribution is 2.40. The summed E-state index contributed by atoms with van der Waals surface area (Å²) in [7, 11) is 0. The Bertz CT molecular complexity index is 932. The Labute approximate surface area is 139 Å². The van der Waals surface area contributed by atoms with Crippen molar-refractivity contribution in [3.63, 3.8) is 0 Å². The van der Waals surface area contributed by atoms with E-state index in [9.17, 15) is 4.79 Å². The SMILES string of the molecule is O=C1Cn2nnc(-c3ccccc3)c2C2c3ccccc3CCN12. The Morgan fingerprint density at radius 2 is 1.79 bits per heavy atom. The third-order valence-electron chi connectivity index (χ3n) is 4.97. The van der Waals surface area contributed by atoms with E-state index >= 15 is 0 Å². The minimum absolute atomic E-state index is 0.0959. The molecule has 0 fully saturated rings. The molecule has 0 radical (unpaired) electrons. The number of carbonyl (C=O) groups is 1. The molecule has 2 aromatic carbocycles. The molecular formula is C19H16N4O. The first-order valence-corrected chi connectivity index (χ1v) is 8.19. The first kappa shape index (κ1) is 13.5. The van der Waals surface area contributed by atoms with E-state index in [-0.39, 0.29) is 18.5 Å². The molecule has 1 amide bonds. The van der Waals surface area contributed by atoms with Gasteiger partial charge in [-0.2, -0.15) is 0 Å². The molecule has 24 heavy (non-hydrogen) atoms. The van der Waals surface area contributed by atoms with Gasteiger partial charge in [-0.25, -0.2) is 4.68 Å². The van der Waals surface area contributed by atoms with E-state index in [4.69, 9.17) is 0 Å². The summed E-state index contributed by atoms with van der Waals surface area (Å²) in [6, 6.07) is 18.4. The Hall–Kier alpha value is -2.95. The van der Waals surface area contributed by atoms with Crippen molar-refractivity contribution in [2.45, 2.75) is 19.0 Å². The average Bonchev–Trinajstić information content (AvgIpc) is 3.05. The molecule has 0 bridgehead atoms. The fraction of sp³-hybridized carbons (Fsp3) is 0.211. The Kier molecular flexibility index (Phi) is 2.82. The van der Waals surface area contributed by atoms with Crippen LogP contribution in [-0.2, 0) is 17.8 Å². The highest BCUT2D eigenvalue weighted by atomic mass is 16.2. The highest BCUT2D eigenvalue weighted by Gasteiger charge is 2.40. The molecule has 3 heterocycles. The van der Waals surface area contributed by atoms with Crippen LogP contribution in [0.5, 0.6) is 0 Å². The maximum atomic E-state index is 12.6. The Morgan fingerprint density at radius 3 is 2.67 bits per heavy atom. The van der Waals surface area contributed by atoms with Gasteiger partial charge in [0.05, 0.1) is 5.69 Å². The zero-order chi connectivity index (χ0) is 16.1. The van der Waals surface area contributed by atoms with E-state index in [0.717, 1.165) is 29.9 Å². The zero-order valence-electron chi connectivity index (χ0n) is 13.1. The first-order chi connectivity index (χ1) is 11.8. The van der Waals surface area contributed by atoms with Gasteiger partial charge >= 0.3 is 0 Å². The van der Waals surface area contributed by atoms with E-state index < -0.39 is 0 Å². The predicted molar refractivity (Wildman–Crippen MR) is 89.2 cm³/mol. The summed E-state index contributed by atoms with van der Waals surface area (Å²) < 4.78 is 1.77. The third kappa shape index (κ3) is 1.84. The van der Waals surface area contributed by atoms with Crippen molar-refractivity contribution >= 4 is 5.91 Å². The molecule has 1 aromatic heterocycles. The highest BCUT2D eigenvalue weighted by molar-refractivity contribution is 5.80. The van der Waals surface area contributed by atoms with Crippen LogP contribution < -0.4 is 0 Å². The summed E-state index contributed by atoms with van der Waals surface area (Å²) in [5.41, 5.74) is 5.43. The lowest BCUT2D eigenvalue weighted by atomic mass is 9.88. The predicted octanol–water partition coefficient (Wildman–Crippen LogP) is 2.43. The summed E-state index contributed by atoms with van der Waals surface area (Å²) in [5.74, 6) is 0.117. The van der Waals surface area contributed by atoms with Gasteiger partial charge in [0, 0.05) is 12.1 Å². The maximum absolute atomic E-state index is 12.6. The van der Waals surface area contributed by atoms with Gasteiger partial charge < -0.3 is 4.90 Å². The monoisotopic (exact) mass is 316 g/mol. The largest absolute Gasteiger partial charge is 0.328 e. The van der Waals surface area contributed by atoms with Crippen molar-refractivity contribution in [3.8, 4) is 11.3 Å². The van der Waals surface area contributed by atoms with E-state index in [2.05, 4.69) is 28.5 Å². The molecule has 0 N–H and O–H groups in total. The molecule has 2 aliphatic rings. The molecule has 3 aromatic rings. The summed E-state index contributed by atoms with van der Waals surface area (Å²) >= 11 is 0. The molecule has 0 saturated heterocycles. The number of benzene rings is 2. The van der Waals surface area contributed by atoms with E-state index in [1.54, 1.807) is 4.68 Å². The second-order valence-electron chi connectivity index (χ2n) is 6.29. The second kappa shape index (κ2) is 5.03. The van der Waals surface area contributed by atoms with Crippen LogP contribution in [0.4, 0.5) is 0 Å². The molecule has 5 rings (SSSR count). The van der Waals surface area contributed by atoms with Crippen molar-refractivity contribution in [2.24, 2.45) is 0 Å². The van der Waals surface area contributed by atoms with Crippen LogP contribution in [0.15, 0.2) is 54.6 Å². The summed E-state index contributed by atoms with van der Waals surface area (Å²) in [4.78, 5) is 14.6. The van der Waals surface area contributed by atoms with Crippen LogP contribution in [-0.4, -0.2) is 32.3 Å². The molecule has 1 atom stereocenters. The molecule has 2 aliphatic heterocycles. The first-order valence-electron chi connectivity index (χ1n) is 8.19. The lowest BCUT2D eigenvalue weighted by Crippen LogP contribution is -2.47. The quantitative estimate of drug-likeness (QED) is 0.693. The van der Waals surface area contributed by atoms with Crippen molar-refractivity contribution in [1.82, 2.24) is 19.9 Å². The molecule has 5 nitrogen and oxygen atoms in total. The molecule has 118 valence electrons. The molecule has 0 spiro atoms. The summed E-state index contributed by atoms with van der Waals surface area (Å²) in [6.45, 7) is 1.02. The molecular weight excluding hydrogens is 300 g/mol. The molecule has 5 heteroatoms. The number of rotatable bonds is 1. The number of hydrogen-bond acceptors (Lipinski definition) is 3. The number of aromatic nitrogens is 3. The zero-order valence-corrected chi connectivity index (χ0v) is 13.1. The van der Waals surface area contributed by atoms with Gasteiger partial charge in [-0.05, 0) is 17.5 Å².